The van der Waals surface area contributed by atoms with Crippen LogP contribution >= 0.6 is 0 Å². The van der Waals surface area contributed by atoms with Gasteiger partial charge in [0, 0.05) is 24.9 Å². The van der Waals surface area contributed by atoms with Crippen molar-refractivity contribution in [3.05, 3.63) is 71.2 Å². The number of aryl methyl sites for hydroxylation is 2. The number of carbonyl (C=O) groups excluding carboxylic acids is 1. The van der Waals surface area contributed by atoms with Gasteiger partial charge in [-0.25, -0.2) is 14.5 Å². The van der Waals surface area contributed by atoms with Crippen LogP contribution in [0.1, 0.15) is 44.9 Å². The van der Waals surface area contributed by atoms with Crippen molar-refractivity contribution in [1.29, 1.82) is 0 Å². The Balaban J connectivity index is 1.66. The van der Waals surface area contributed by atoms with Gasteiger partial charge in [0.25, 0.3) is 5.91 Å². The molecule has 136 valence electrons. The normalized spacial score (nSPS) is 16.7. The molecule has 5 rings (SSSR count). The summed E-state index contributed by atoms with van der Waals surface area (Å²) in [4.78, 5) is 26.7. The highest BCUT2D eigenvalue weighted by Gasteiger charge is 2.37. The molecule has 0 aromatic carbocycles. The van der Waals surface area contributed by atoms with Crippen LogP contribution in [0.4, 0.5) is 0 Å². The van der Waals surface area contributed by atoms with Crippen molar-refractivity contribution in [2.75, 3.05) is 6.54 Å². The Morgan fingerprint density at radius 3 is 3.00 bits per heavy atom. The highest BCUT2D eigenvalue weighted by atomic mass is 16.3. The number of carbonyl (C=O) groups is 1. The summed E-state index contributed by atoms with van der Waals surface area (Å²) in [5.41, 5.74) is 5.36. The zero-order chi connectivity index (χ0) is 18.5. The van der Waals surface area contributed by atoms with E-state index in [1.165, 1.54) is 6.39 Å². The maximum atomic E-state index is 13.2. The molecule has 1 N–H and O–H groups in total. The molecule has 0 fully saturated rings. The Bertz CT molecular complexity index is 1150. The third kappa shape index (κ3) is 2.37. The van der Waals surface area contributed by atoms with Gasteiger partial charge >= 0.3 is 0 Å². The van der Waals surface area contributed by atoms with Crippen LogP contribution in [-0.4, -0.2) is 41.9 Å². The number of nitrogens with one attached hydrogen (secondary N) is 1. The van der Waals surface area contributed by atoms with E-state index in [1.54, 1.807) is 18.2 Å². The van der Waals surface area contributed by atoms with Crippen molar-refractivity contribution in [2.24, 2.45) is 0 Å². The van der Waals surface area contributed by atoms with E-state index in [2.05, 4.69) is 15.0 Å². The number of rotatable bonds is 2. The summed E-state index contributed by atoms with van der Waals surface area (Å²) in [5, 5.41) is 4.73. The predicted molar refractivity (Wildman–Crippen MR) is 96.3 cm³/mol. The minimum atomic E-state index is -0.378. The van der Waals surface area contributed by atoms with E-state index in [4.69, 9.17) is 9.52 Å². The molecule has 0 aliphatic carbocycles. The van der Waals surface area contributed by atoms with E-state index in [1.807, 2.05) is 35.8 Å². The van der Waals surface area contributed by atoms with Crippen LogP contribution in [0, 0.1) is 13.8 Å². The van der Waals surface area contributed by atoms with Gasteiger partial charge < -0.3 is 14.3 Å². The van der Waals surface area contributed by atoms with E-state index in [9.17, 15) is 4.79 Å². The molecule has 1 unspecified atom stereocenters. The summed E-state index contributed by atoms with van der Waals surface area (Å²) in [7, 11) is 0. The molecule has 1 amide bonds. The zero-order valence-electron chi connectivity index (χ0n) is 15.0. The summed E-state index contributed by atoms with van der Waals surface area (Å²) >= 11 is 0. The van der Waals surface area contributed by atoms with Crippen molar-refractivity contribution in [1.82, 2.24) is 29.5 Å². The van der Waals surface area contributed by atoms with Gasteiger partial charge in [-0.1, -0.05) is 6.07 Å². The minimum Gasteiger partial charge on any atom is -0.438 e. The molecule has 8 heteroatoms. The standard InChI is InChI=1S/C19H18N6O2/c1-11-4-3-6-25-15(11)8-14(23-25)17-16-13(20-9-21-16)5-7-24(17)19(26)18-12(2)22-10-27-18/h3-4,6,8-10,17H,5,7H2,1-2H3,(H,20,21). The number of H-pyrrole nitrogens is 1. The number of amides is 1. The quantitative estimate of drug-likeness (QED) is 0.591. The lowest BCUT2D eigenvalue weighted by Gasteiger charge is -2.33. The average Bonchev–Trinajstić information content (AvgIpc) is 3.39. The Kier molecular flexibility index (Phi) is 3.40. The molecule has 0 saturated heterocycles. The molecule has 4 aromatic heterocycles. The Morgan fingerprint density at radius 1 is 1.33 bits per heavy atom. The van der Waals surface area contributed by atoms with Gasteiger partial charge in [-0.15, -0.1) is 0 Å². The van der Waals surface area contributed by atoms with E-state index >= 15 is 0 Å². The minimum absolute atomic E-state index is 0.197. The average molecular weight is 362 g/mol. The molecule has 27 heavy (non-hydrogen) atoms. The van der Waals surface area contributed by atoms with Gasteiger partial charge in [0.15, 0.2) is 6.39 Å². The number of hydrogen-bond donors (Lipinski definition) is 1. The Hall–Kier alpha value is -3.42. The largest absolute Gasteiger partial charge is 0.438 e. The fourth-order valence-corrected chi connectivity index (χ4v) is 3.74. The summed E-state index contributed by atoms with van der Waals surface area (Å²) in [6, 6.07) is 5.65. The SMILES string of the molecule is Cc1ncoc1C(=O)N1CCc2[nH]cnc2C1c1cc2c(C)cccn2n1. The second kappa shape index (κ2) is 5.80. The monoisotopic (exact) mass is 362 g/mol. The molecule has 0 spiro atoms. The van der Waals surface area contributed by atoms with Crippen LogP contribution in [0.2, 0.25) is 0 Å². The molecule has 5 heterocycles. The molecule has 1 aliphatic rings. The third-order valence-corrected chi connectivity index (χ3v) is 5.14. The van der Waals surface area contributed by atoms with Crippen LogP contribution in [0.25, 0.3) is 5.52 Å². The summed E-state index contributed by atoms with van der Waals surface area (Å²) in [5.74, 6) is 0.0661. The van der Waals surface area contributed by atoms with Crippen molar-refractivity contribution < 1.29 is 9.21 Å². The summed E-state index contributed by atoms with van der Waals surface area (Å²) < 4.78 is 7.20. The summed E-state index contributed by atoms with van der Waals surface area (Å²) in [6.45, 7) is 4.36. The van der Waals surface area contributed by atoms with Crippen LogP contribution in [-0.2, 0) is 6.42 Å². The lowest BCUT2D eigenvalue weighted by molar-refractivity contribution is 0.0653. The number of hydrogen-bond acceptors (Lipinski definition) is 5. The molecule has 1 atom stereocenters. The Morgan fingerprint density at radius 2 is 2.22 bits per heavy atom. The van der Waals surface area contributed by atoms with E-state index in [-0.39, 0.29) is 17.7 Å². The molecular weight excluding hydrogens is 344 g/mol. The van der Waals surface area contributed by atoms with Crippen molar-refractivity contribution in [2.45, 2.75) is 26.3 Å². The van der Waals surface area contributed by atoms with Crippen LogP contribution in [0.3, 0.4) is 0 Å². The number of aromatic nitrogens is 5. The van der Waals surface area contributed by atoms with E-state index in [0.29, 0.717) is 18.7 Å². The first-order valence-corrected chi connectivity index (χ1v) is 8.81. The van der Waals surface area contributed by atoms with E-state index in [0.717, 1.165) is 28.2 Å². The molecule has 0 bridgehead atoms. The van der Waals surface area contributed by atoms with Crippen LogP contribution in [0.5, 0.6) is 0 Å². The fourth-order valence-electron chi connectivity index (χ4n) is 3.74. The fraction of sp³-hybridized carbons (Fsp3) is 0.263. The van der Waals surface area contributed by atoms with Gasteiger partial charge in [0.1, 0.15) is 6.04 Å². The number of oxazole rings is 1. The van der Waals surface area contributed by atoms with Gasteiger partial charge in [-0.3, -0.25) is 4.79 Å². The number of fused-ring (bicyclic) bond motifs is 2. The number of aromatic amines is 1. The molecule has 0 radical (unpaired) electrons. The zero-order valence-corrected chi connectivity index (χ0v) is 15.0. The number of nitrogens with zero attached hydrogens (tertiary/aromatic N) is 5. The van der Waals surface area contributed by atoms with E-state index < -0.39 is 0 Å². The number of imidazole rings is 1. The summed E-state index contributed by atoms with van der Waals surface area (Å²) in [6.07, 6.45) is 5.59. The molecule has 8 nitrogen and oxygen atoms in total. The maximum absolute atomic E-state index is 13.2. The molecule has 0 saturated carbocycles. The lowest BCUT2D eigenvalue weighted by Crippen LogP contribution is -2.41. The Labute approximate surface area is 154 Å². The second-order valence-electron chi connectivity index (χ2n) is 6.77. The van der Waals surface area contributed by atoms with Crippen LogP contribution in [0.15, 0.2) is 41.5 Å². The smallest absolute Gasteiger partial charge is 0.292 e. The van der Waals surface area contributed by atoms with Gasteiger partial charge in [0.2, 0.25) is 5.76 Å². The topological polar surface area (TPSA) is 92.3 Å². The van der Waals surface area contributed by atoms with Gasteiger partial charge in [0.05, 0.1) is 28.9 Å². The first-order chi connectivity index (χ1) is 13.1. The second-order valence-corrected chi connectivity index (χ2v) is 6.77. The molecular formula is C19H18N6O2. The molecule has 4 aromatic rings. The number of pyridine rings is 1. The first-order valence-electron chi connectivity index (χ1n) is 8.81. The lowest BCUT2D eigenvalue weighted by atomic mass is 9.99. The molecule has 1 aliphatic heterocycles. The van der Waals surface area contributed by atoms with Crippen molar-refractivity contribution >= 4 is 11.4 Å². The van der Waals surface area contributed by atoms with Crippen molar-refractivity contribution in [3.8, 4) is 0 Å². The predicted octanol–water partition coefficient (Wildman–Crippen LogP) is 2.45. The third-order valence-electron chi connectivity index (χ3n) is 5.14. The first kappa shape index (κ1) is 15.8. The highest BCUT2D eigenvalue weighted by Crippen LogP contribution is 2.34. The highest BCUT2D eigenvalue weighted by molar-refractivity contribution is 5.93. The van der Waals surface area contributed by atoms with Gasteiger partial charge in [-0.2, -0.15) is 5.10 Å². The maximum Gasteiger partial charge on any atom is 0.292 e. The van der Waals surface area contributed by atoms with Crippen LogP contribution < -0.4 is 0 Å². The van der Waals surface area contributed by atoms with Crippen molar-refractivity contribution in [3.63, 3.8) is 0 Å². The van der Waals surface area contributed by atoms with Gasteiger partial charge in [-0.05, 0) is 31.5 Å².